The molecule has 2 saturated heterocycles. The monoisotopic (exact) mass is 281 g/mol. The molecule has 3 atom stereocenters. The zero-order chi connectivity index (χ0) is 13.5. The van der Waals surface area contributed by atoms with Gasteiger partial charge in [-0.05, 0) is 18.6 Å². The molecule has 2 aliphatic rings. The van der Waals surface area contributed by atoms with E-state index in [0.717, 1.165) is 19.5 Å². The molecule has 2 fully saturated rings. The third kappa shape index (κ3) is 2.18. The fourth-order valence-corrected chi connectivity index (χ4v) is 4.76. The molecule has 0 spiro atoms. The van der Waals surface area contributed by atoms with E-state index in [0.29, 0.717) is 18.0 Å². The lowest BCUT2D eigenvalue weighted by molar-refractivity contribution is 0.148. The third-order valence-electron chi connectivity index (χ3n) is 4.13. The SMILES string of the molecule is NC[C@H]1CN(S(=O)(=O)c2ccccc2)[C@H]2CCN1C2. The number of hydrogen-bond donors (Lipinski definition) is 1. The van der Waals surface area contributed by atoms with Gasteiger partial charge in [0.05, 0.1) is 4.90 Å². The number of fused-ring (bicyclic) bond motifs is 2. The minimum Gasteiger partial charge on any atom is -0.329 e. The highest BCUT2D eigenvalue weighted by Gasteiger charge is 2.43. The highest BCUT2D eigenvalue weighted by atomic mass is 32.2. The maximum atomic E-state index is 12.7. The highest BCUT2D eigenvalue weighted by Crippen LogP contribution is 2.29. The average Bonchev–Trinajstić information content (AvgIpc) is 2.84. The molecule has 3 rings (SSSR count). The molecule has 104 valence electrons. The summed E-state index contributed by atoms with van der Waals surface area (Å²) >= 11 is 0. The van der Waals surface area contributed by atoms with Crippen LogP contribution >= 0.6 is 0 Å². The number of hydrogen-bond acceptors (Lipinski definition) is 4. The number of piperazine rings is 1. The van der Waals surface area contributed by atoms with Gasteiger partial charge in [-0.2, -0.15) is 4.31 Å². The zero-order valence-corrected chi connectivity index (χ0v) is 11.6. The van der Waals surface area contributed by atoms with Gasteiger partial charge >= 0.3 is 0 Å². The Morgan fingerprint density at radius 1 is 1.21 bits per heavy atom. The van der Waals surface area contributed by atoms with Crippen LogP contribution in [-0.4, -0.2) is 55.9 Å². The van der Waals surface area contributed by atoms with Crippen molar-refractivity contribution in [3.05, 3.63) is 30.3 Å². The van der Waals surface area contributed by atoms with Crippen molar-refractivity contribution in [1.29, 1.82) is 0 Å². The van der Waals surface area contributed by atoms with Crippen molar-refractivity contribution in [3.63, 3.8) is 0 Å². The van der Waals surface area contributed by atoms with E-state index in [-0.39, 0.29) is 12.1 Å². The molecule has 0 amide bonds. The molecule has 19 heavy (non-hydrogen) atoms. The van der Waals surface area contributed by atoms with Crippen LogP contribution in [0.4, 0.5) is 0 Å². The van der Waals surface area contributed by atoms with Crippen LogP contribution in [0.25, 0.3) is 0 Å². The summed E-state index contributed by atoms with van der Waals surface area (Å²) in [6.45, 7) is 2.78. The predicted octanol–water partition coefficient (Wildman–Crippen LogP) is 0.0925. The molecule has 2 N–H and O–H groups in total. The normalized spacial score (nSPS) is 31.5. The van der Waals surface area contributed by atoms with Gasteiger partial charge in [-0.15, -0.1) is 0 Å². The Bertz CT molecular complexity index is 546. The van der Waals surface area contributed by atoms with Gasteiger partial charge in [0.15, 0.2) is 0 Å². The van der Waals surface area contributed by atoms with Gasteiger partial charge in [0, 0.05) is 38.3 Å². The fourth-order valence-electron chi connectivity index (χ4n) is 3.05. The Hall–Kier alpha value is -0.950. The lowest BCUT2D eigenvalue weighted by Gasteiger charge is -2.38. The molecular weight excluding hydrogens is 262 g/mol. The molecule has 1 unspecified atom stereocenters. The van der Waals surface area contributed by atoms with Gasteiger partial charge in [-0.3, -0.25) is 4.90 Å². The Kier molecular flexibility index (Phi) is 3.34. The van der Waals surface area contributed by atoms with Crippen LogP contribution in [0.15, 0.2) is 35.2 Å². The molecule has 0 radical (unpaired) electrons. The molecule has 1 aromatic carbocycles. The van der Waals surface area contributed by atoms with Crippen molar-refractivity contribution >= 4 is 10.0 Å². The van der Waals surface area contributed by atoms with Crippen LogP contribution in [0.5, 0.6) is 0 Å². The summed E-state index contributed by atoms with van der Waals surface area (Å²) < 4.78 is 27.1. The summed E-state index contributed by atoms with van der Waals surface area (Å²) in [5, 5.41) is 0. The first-order valence-corrected chi connectivity index (χ1v) is 8.08. The second-order valence-electron chi connectivity index (χ2n) is 5.21. The van der Waals surface area contributed by atoms with Gasteiger partial charge in [-0.1, -0.05) is 18.2 Å². The van der Waals surface area contributed by atoms with Gasteiger partial charge in [0.2, 0.25) is 10.0 Å². The van der Waals surface area contributed by atoms with Crippen molar-refractivity contribution in [1.82, 2.24) is 9.21 Å². The lowest BCUT2D eigenvalue weighted by atomic mass is 10.2. The molecular formula is C13H19N3O2S. The second kappa shape index (κ2) is 4.86. The minimum atomic E-state index is -3.39. The van der Waals surface area contributed by atoms with Crippen LogP contribution in [0.2, 0.25) is 0 Å². The number of rotatable bonds is 3. The molecule has 6 heteroatoms. The number of benzene rings is 1. The maximum absolute atomic E-state index is 12.7. The topological polar surface area (TPSA) is 66.6 Å². The van der Waals surface area contributed by atoms with Gasteiger partial charge < -0.3 is 5.73 Å². The Balaban J connectivity index is 1.93. The molecule has 1 aromatic rings. The summed E-state index contributed by atoms with van der Waals surface area (Å²) in [6.07, 6.45) is 0.905. The van der Waals surface area contributed by atoms with Crippen LogP contribution in [0, 0.1) is 0 Å². The van der Waals surface area contributed by atoms with E-state index in [2.05, 4.69) is 4.90 Å². The largest absolute Gasteiger partial charge is 0.329 e. The molecule has 2 heterocycles. The average molecular weight is 281 g/mol. The van der Waals surface area contributed by atoms with E-state index >= 15 is 0 Å². The summed E-state index contributed by atoms with van der Waals surface area (Å²) in [7, 11) is -3.39. The molecule has 0 aliphatic carbocycles. The predicted molar refractivity (Wildman–Crippen MR) is 73.2 cm³/mol. The van der Waals surface area contributed by atoms with Crippen molar-refractivity contribution in [2.24, 2.45) is 5.73 Å². The quantitative estimate of drug-likeness (QED) is 0.853. The number of sulfonamides is 1. The van der Waals surface area contributed by atoms with Crippen LogP contribution in [0.1, 0.15) is 6.42 Å². The minimum absolute atomic E-state index is 0.105. The number of nitrogens with zero attached hydrogens (tertiary/aromatic N) is 2. The maximum Gasteiger partial charge on any atom is 0.243 e. The molecule has 2 aliphatic heterocycles. The van der Waals surface area contributed by atoms with E-state index in [9.17, 15) is 8.42 Å². The van der Waals surface area contributed by atoms with Crippen molar-refractivity contribution < 1.29 is 8.42 Å². The third-order valence-corrected chi connectivity index (χ3v) is 6.06. The van der Waals surface area contributed by atoms with E-state index in [4.69, 9.17) is 5.73 Å². The van der Waals surface area contributed by atoms with Gasteiger partial charge in [0.25, 0.3) is 0 Å². The first kappa shape index (κ1) is 13.1. The first-order chi connectivity index (χ1) is 9.13. The van der Waals surface area contributed by atoms with E-state index in [1.165, 1.54) is 0 Å². The summed E-state index contributed by atoms with van der Waals surface area (Å²) in [4.78, 5) is 2.69. The number of nitrogens with two attached hydrogens (primary N) is 1. The zero-order valence-electron chi connectivity index (χ0n) is 10.8. The first-order valence-electron chi connectivity index (χ1n) is 6.64. The summed E-state index contributed by atoms with van der Waals surface area (Å²) in [6, 6.07) is 8.93. The Morgan fingerprint density at radius 2 is 1.95 bits per heavy atom. The van der Waals surface area contributed by atoms with Crippen molar-refractivity contribution in [2.45, 2.75) is 23.4 Å². The summed E-state index contributed by atoms with van der Waals surface area (Å²) in [5.41, 5.74) is 5.77. The molecule has 5 nitrogen and oxygen atoms in total. The second-order valence-corrected chi connectivity index (χ2v) is 7.11. The van der Waals surface area contributed by atoms with Crippen LogP contribution < -0.4 is 5.73 Å². The Morgan fingerprint density at radius 3 is 2.63 bits per heavy atom. The smallest absolute Gasteiger partial charge is 0.243 e. The van der Waals surface area contributed by atoms with E-state index in [1.54, 1.807) is 28.6 Å². The van der Waals surface area contributed by atoms with Crippen molar-refractivity contribution in [2.75, 3.05) is 26.2 Å². The molecule has 2 bridgehead atoms. The standard InChI is InChI=1S/C13H19N3O2S/c14-8-12-10-16(11-6-7-15(12)9-11)19(17,18)13-4-2-1-3-5-13/h1-5,11-12H,6-10,14H2/t11-,12-/m0/s1. The van der Waals surface area contributed by atoms with Crippen LogP contribution in [0.3, 0.4) is 0 Å². The summed E-state index contributed by atoms with van der Waals surface area (Å²) in [5.74, 6) is 0. The van der Waals surface area contributed by atoms with E-state index in [1.807, 2.05) is 6.07 Å². The van der Waals surface area contributed by atoms with E-state index < -0.39 is 10.0 Å². The van der Waals surface area contributed by atoms with Crippen LogP contribution in [-0.2, 0) is 10.0 Å². The Labute approximate surface area is 114 Å². The molecule has 0 saturated carbocycles. The highest BCUT2D eigenvalue weighted by molar-refractivity contribution is 7.89. The fraction of sp³-hybridized carbons (Fsp3) is 0.538. The van der Waals surface area contributed by atoms with Gasteiger partial charge in [-0.25, -0.2) is 8.42 Å². The van der Waals surface area contributed by atoms with Gasteiger partial charge in [0.1, 0.15) is 0 Å². The molecule has 0 aromatic heterocycles. The lowest BCUT2D eigenvalue weighted by Crippen LogP contribution is -2.56. The van der Waals surface area contributed by atoms with Crippen molar-refractivity contribution in [3.8, 4) is 0 Å².